The van der Waals surface area contributed by atoms with E-state index in [0.29, 0.717) is 0 Å². The molecule has 0 aliphatic carbocycles. The lowest BCUT2D eigenvalue weighted by molar-refractivity contribution is -0.137. The Hall–Kier alpha value is -0.820. The zero-order chi connectivity index (χ0) is 12.2. The van der Waals surface area contributed by atoms with Gasteiger partial charge in [-0.25, -0.2) is 0 Å². The lowest BCUT2D eigenvalue weighted by atomic mass is 10.1. The van der Waals surface area contributed by atoms with Gasteiger partial charge < -0.3 is 10.1 Å². The summed E-state index contributed by atoms with van der Waals surface area (Å²) in [7, 11) is 1.37. The van der Waals surface area contributed by atoms with E-state index in [0.717, 1.165) is 9.47 Å². The van der Waals surface area contributed by atoms with Crippen molar-refractivity contribution >= 4 is 34.2 Å². The number of aromatic nitrogens is 2. The van der Waals surface area contributed by atoms with Crippen LogP contribution in [0.15, 0.2) is 4.34 Å². The first kappa shape index (κ1) is 13.2. The molecule has 0 amide bonds. The van der Waals surface area contributed by atoms with Gasteiger partial charge in [-0.3, -0.25) is 4.79 Å². The standard InChI is InChI=1S/C9H15N3O2S2/c1-9(2,3)10-7-11-12-8(16-7)15-5-6(13)14-4/h5H2,1-4H3,(H,10,11). The number of anilines is 1. The van der Waals surface area contributed by atoms with Gasteiger partial charge in [-0.1, -0.05) is 23.1 Å². The van der Waals surface area contributed by atoms with Crippen LogP contribution < -0.4 is 5.32 Å². The first-order valence-electron chi connectivity index (χ1n) is 4.72. The van der Waals surface area contributed by atoms with Gasteiger partial charge in [0.2, 0.25) is 5.13 Å². The van der Waals surface area contributed by atoms with Crippen LogP contribution in [-0.4, -0.2) is 34.6 Å². The van der Waals surface area contributed by atoms with Gasteiger partial charge in [-0.15, -0.1) is 10.2 Å². The number of rotatable bonds is 4. The highest BCUT2D eigenvalue weighted by atomic mass is 32.2. The Bertz CT molecular complexity index is 360. The molecule has 1 rings (SSSR count). The third-order valence-corrected chi connectivity index (χ3v) is 3.38. The lowest BCUT2D eigenvalue weighted by Crippen LogP contribution is -2.25. The molecule has 0 bridgehead atoms. The summed E-state index contributed by atoms with van der Waals surface area (Å²) in [5.41, 5.74) is -0.0379. The van der Waals surface area contributed by atoms with Gasteiger partial charge in [-0.2, -0.15) is 0 Å². The largest absolute Gasteiger partial charge is 0.468 e. The molecule has 0 radical (unpaired) electrons. The number of ether oxygens (including phenoxy) is 1. The summed E-state index contributed by atoms with van der Waals surface area (Å²) < 4.78 is 5.30. The quantitative estimate of drug-likeness (QED) is 0.661. The summed E-state index contributed by atoms with van der Waals surface area (Å²) in [4.78, 5) is 10.9. The maximum atomic E-state index is 10.9. The van der Waals surface area contributed by atoms with Crippen molar-refractivity contribution in [1.29, 1.82) is 0 Å². The van der Waals surface area contributed by atoms with Gasteiger partial charge in [0.15, 0.2) is 4.34 Å². The van der Waals surface area contributed by atoms with E-state index in [9.17, 15) is 4.79 Å². The molecule has 16 heavy (non-hydrogen) atoms. The predicted molar refractivity (Wildman–Crippen MR) is 66.0 cm³/mol. The van der Waals surface area contributed by atoms with Crippen LogP contribution in [0, 0.1) is 0 Å². The molecule has 0 fully saturated rings. The second kappa shape index (κ2) is 5.49. The highest BCUT2D eigenvalue weighted by Crippen LogP contribution is 2.27. The molecule has 90 valence electrons. The molecule has 0 aliphatic heterocycles. The van der Waals surface area contributed by atoms with E-state index in [1.54, 1.807) is 0 Å². The van der Waals surface area contributed by atoms with Gasteiger partial charge in [0.1, 0.15) is 0 Å². The Morgan fingerprint density at radius 2 is 2.19 bits per heavy atom. The van der Waals surface area contributed by atoms with Crippen molar-refractivity contribution in [1.82, 2.24) is 10.2 Å². The van der Waals surface area contributed by atoms with E-state index < -0.39 is 0 Å². The van der Waals surface area contributed by atoms with Crippen LogP contribution in [0.25, 0.3) is 0 Å². The highest BCUT2D eigenvalue weighted by Gasteiger charge is 2.13. The molecule has 1 heterocycles. The van der Waals surface area contributed by atoms with Crippen molar-refractivity contribution in [3.63, 3.8) is 0 Å². The van der Waals surface area contributed by atoms with Crippen LogP contribution in [0.4, 0.5) is 5.13 Å². The number of nitrogens with zero attached hydrogens (tertiary/aromatic N) is 2. The molecule has 0 spiro atoms. The van der Waals surface area contributed by atoms with Crippen LogP contribution in [-0.2, 0) is 9.53 Å². The van der Waals surface area contributed by atoms with Crippen LogP contribution in [0.5, 0.6) is 0 Å². The van der Waals surface area contributed by atoms with E-state index in [1.807, 2.05) is 0 Å². The number of nitrogens with one attached hydrogen (secondary N) is 1. The number of hydrogen-bond acceptors (Lipinski definition) is 7. The summed E-state index contributed by atoms with van der Waals surface area (Å²) in [6.07, 6.45) is 0. The Kier molecular flexibility index (Phi) is 4.55. The summed E-state index contributed by atoms with van der Waals surface area (Å²) in [5.74, 6) is 0.00577. The monoisotopic (exact) mass is 261 g/mol. The summed E-state index contributed by atoms with van der Waals surface area (Å²) >= 11 is 2.76. The van der Waals surface area contributed by atoms with Crippen molar-refractivity contribution in [2.75, 3.05) is 18.2 Å². The Balaban J connectivity index is 2.49. The molecular weight excluding hydrogens is 246 g/mol. The van der Waals surface area contributed by atoms with Crippen molar-refractivity contribution in [2.45, 2.75) is 30.6 Å². The van der Waals surface area contributed by atoms with Gasteiger partial charge >= 0.3 is 5.97 Å². The van der Waals surface area contributed by atoms with Crippen LogP contribution in [0.3, 0.4) is 0 Å². The third-order valence-electron chi connectivity index (χ3n) is 1.43. The molecule has 0 saturated carbocycles. The third kappa shape index (κ3) is 4.80. The van der Waals surface area contributed by atoms with Crippen molar-refractivity contribution in [3.8, 4) is 0 Å². The summed E-state index contributed by atoms with van der Waals surface area (Å²) in [6, 6.07) is 0. The highest BCUT2D eigenvalue weighted by molar-refractivity contribution is 8.01. The number of carbonyl (C=O) groups excluding carboxylic acids is 1. The fourth-order valence-corrected chi connectivity index (χ4v) is 2.61. The summed E-state index contributed by atoms with van der Waals surface area (Å²) in [5, 5.41) is 11.9. The molecule has 7 heteroatoms. The van der Waals surface area contributed by atoms with Gasteiger partial charge in [0, 0.05) is 5.54 Å². The minimum absolute atomic E-state index is 0.0379. The molecule has 1 N–H and O–H groups in total. The van der Waals surface area contributed by atoms with E-state index in [1.165, 1.54) is 30.2 Å². The summed E-state index contributed by atoms with van der Waals surface area (Å²) in [6.45, 7) is 6.15. The Morgan fingerprint density at radius 3 is 2.75 bits per heavy atom. The second-order valence-electron chi connectivity index (χ2n) is 4.11. The maximum Gasteiger partial charge on any atom is 0.316 e. The van der Waals surface area contributed by atoms with Gasteiger partial charge in [-0.05, 0) is 20.8 Å². The lowest BCUT2D eigenvalue weighted by Gasteiger charge is -2.18. The zero-order valence-corrected chi connectivity index (χ0v) is 11.4. The first-order valence-corrected chi connectivity index (χ1v) is 6.52. The van der Waals surface area contributed by atoms with Crippen LogP contribution in [0.2, 0.25) is 0 Å². The first-order chi connectivity index (χ1) is 7.40. The molecule has 0 aromatic carbocycles. The fraction of sp³-hybridized carbons (Fsp3) is 0.667. The number of esters is 1. The average molecular weight is 261 g/mol. The maximum absolute atomic E-state index is 10.9. The molecule has 1 aromatic rings. The molecular formula is C9H15N3O2S2. The van der Waals surface area contributed by atoms with Crippen LogP contribution >= 0.6 is 23.1 Å². The van der Waals surface area contributed by atoms with Crippen LogP contribution in [0.1, 0.15) is 20.8 Å². The van der Waals surface area contributed by atoms with Crippen molar-refractivity contribution in [2.24, 2.45) is 0 Å². The minimum atomic E-state index is -0.259. The molecule has 1 aromatic heterocycles. The Morgan fingerprint density at radius 1 is 1.50 bits per heavy atom. The zero-order valence-electron chi connectivity index (χ0n) is 9.73. The van der Waals surface area contributed by atoms with Gasteiger partial charge in [0.05, 0.1) is 12.9 Å². The topological polar surface area (TPSA) is 64.1 Å². The Labute approximate surface area is 103 Å². The molecule has 0 saturated heterocycles. The molecule has 0 aliphatic rings. The fourth-order valence-electron chi connectivity index (χ4n) is 0.819. The molecule has 0 atom stereocenters. The average Bonchev–Trinajstić information content (AvgIpc) is 2.59. The number of thioether (sulfide) groups is 1. The van der Waals surface area contributed by atoms with Crippen molar-refractivity contribution in [3.05, 3.63) is 0 Å². The van der Waals surface area contributed by atoms with E-state index in [-0.39, 0.29) is 17.3 Å². The van der Waals surface area contributed by atoms with Gasteiger partial charge in [0.25, 0.3) is 0 Å². The second-order valence-corrected chi connectivity index (χ2v) is 6.31. The normalized spacial score (nSPS) is 11.2. The van der Waals surface area contributed by atoms with E-state index in [2.05, 4.69) is 41.0 Å². The van der Waals surface area contributed by atoms with E-state index >= 15 is 0 Å². The SMILES string of the molecule is COC(=O)CSc1nnc(NC(C)(C)C)s1. The molecule has 0 unspecified atom stereocenters. The van der Waals surface area contributed by atoms with Crippen molar-refractivity contribution < 1.29 is 9.53 Å². The minimum Gasteiger partial charge on any atom is -0.468 e. The smallest absolute Gasteiger partial charge is 0.316 e. The number of hydrogen-bond donors (Lipinski definition) is 1. The predicted octanol–water partition coefficient (Wildman–Crippen LogP) is 2.01. The number of methoxy groups -OCH3 is 1. The molecule has 5 nitrogen and oxygen atoms in total. The number of carbonyl (C=O) groups is 1. The van der Waals surface area contributed by atoms with E-state index in [4.69, 9.17) is 0 Å².